The smallest absolute Gasteiger partial charge is 0.433 e. The van der Waals surface area contributed by atoms with Crippen molar-refractivity contribution in [1.29, 1.82) is 0 Å². The second-order valence-corrected chi connectivity index (χ2v) is 23.9. The Hall–Kier alpha value is -5.43. The number of nitrogens with zero attached hydrogens (tertiary/aromatic N) is 7. The van der Waals surface area contributed by atoms with Gasteiger partial charge in [-0.1, -0.05) is 6.92 Å². The normalized spacial score (nSPS) is 19.1. The molecule has 0 aliphatic carbocycles. The molecular formula is C52H61BrF5N10O4P. The van der Waals surface area contributed by atoms with Gasteiger partial charge in [-0.2, -0.15) is 18.2 Å². The molecule has 4 aliphatic rings. The molecule has 2 amide bonds. The number of nitrogens with one attached hydrogen (secondary N) is 3. The summed E-state index contributed by atoms with van der Waals surface area (Å²) < 4.78 is 91.6. The first-order valence-corrected chi connectivity index (χ1v) is 28.4. The van der Waals surface area contributed by atoms with Gasteiger partial charge < -0.3 is 34.6 Å². The summed E-state index contributed by atoms with van der Waals surface area (Å²) >= 11 is 3.52. The molecule has 4 aliphatic heterocycles. The van der Waals surface area contributed by atoms with E-state index in [1.807, 2.05) is 0 Å². The van der Waals surface area contributed by atoms with Crippen LogP contribution in [0.2, 0.25) is 0 Å². The van der Waals surface area contributed by atoms with Crippen molar-refractivity contribution in [3.8, 4) is 5.75 Å². The monoisotopic (exact) mass is 1090 g/mol. The fourth-order valence-electron chi connectivity index (χ4n) is 11.2. The summed E-state index contributed by atoms with van der Waals surface area (Å²) in [6.07, 6.45) is 3.39. The van der Waals surface area contributed by atoms with Gasteiger partial charge in [-0.3, -0.25) is 19.8 Å². The summed E-state index contributed by atoms with van der Waals surface area (Å²) in [6, 6.07) is 12.8. The van der Waals surface area contributed by atoms with Crippen molar-refractivity contribution < 1.29 is 40.8 Å². The lowest BCUT2D eigenvalue weighted by molar-refractivity contribution is -0.141. The number of amides is 2. The number of methoxy groups -OCH3 is 1. The zero-order valence-electron chi connectivity index (χ0n) is 41.4. The molecule has 6 heterocycles. The molecule has 3 aromatic carbocycles. The molecule has 5 aromatic rings. The van der Waals surface area contributed by atoms with Crippen LogP contribution in [0.15, 0.2) is 59.2 Å². The molecule has 0 radical (unpaired) electrons. The predicted octanol–water partition coefficient (Wildman–Crippen LogP) is 9.95. The number of carbonyl (C=O) groups excluding carboxylic acids is 2. The van der Waals surface area contributed by atoms with Crippen LogP contribution in [0.1, 0.15) is 81.0 Å². The van der Waals surface area contributed by atoms with Crippen LogP contribution in [0, 0.1) is 11.6 Å². The number of anilines is 6. The molecule has 2 aromatic heterocycles. The van der Waals surface area contributed by atoms with Gasteiger partial charge in [0.1, 0.15) is 36.0 Å². The molecule has 9 rings (SSSR count). The molecule has 1 unspecified atom stereocenters. The maximum Gasteiger partial charge on any atom is 0.433 e. The molecule has 4 fully saturated rings. The third-order valence-corrected chi connectivity index (χ3v) is 16.9. The van der Waals surface area contributed by atoms with Crippen LogP contribution in [-0.2, 0) is 26.8 Å². The van der Waals surface area contributed by atoms with Crippen LogP contribution in [-0.4, -0.2) is 121 Å². The van der Waals surface area contributed by atoms with Crippen molar-refractivity contribution in [1.82, 2.24) is 30.1 Å². The van der Waals surface area contributed by atoms with Crippen LogP contribution in [0.4, 0.5) is 56.5 Å². The highest BCUT2D eigenvalue weighted by Crippen LogP contribution is 2.43. The number of hydrogen-bond donors (Lipinski definition) is 3. The van der Waals surface area contributed by atoms with Gasteiger partial charge in [0.25, 0.3) is 0 Å². The number of piperazine rings is 1. The van der Waals surface area contributed by atoms with Gasteiger partial charge in [-0.25, -0.2) is 18.7 Å². The van der Waals surface area contributed by atoms with E-state index in [2.05, 4.69) is 80.5 Å². The van der Waals surface area contributed by atoms with Crippen LogP contribution < -0.4 is 35.8 Å². The number of ether oxygens (including phenoxy) is 1. The summed E-state index contributed by atoms with van der Waals surface area (Å²) in [4.78, 5) is 46.7. The van der Waals surface area contributed by atoms with Crippen molar-refractivity contribution in [3.05, 3.63) is 87.7 Å². The van der Waals surface area contributed by atoms with E-state index < -0.39 is 48.4 Å². The molecule has 73 heavy (non-hydrogen) atoms. The maximum absolute atomic E-state index is 15.5. The minimum Gasteiger partial charge on any atom is -0.494 e. The fraction of sp³-hybridized carbons (Fsp3) is 0.481. The number of benzene rings is 3. The van der Waals surface area contributed by atoms with Gasteiger partial charge in [0.2, 0.25) is 17.8 Å². The Morgan fingerprint density at radius 1 is 0.863 bits per heavy atom. The van der Waals surface area contributed by atoms with Gasteiger partial charge in [0.05, 0.1) is 28.5 Å². The average Bonchev–Trinajstić information content (AvgIpc) is 3.35. The quantitative estimate of drug-likeness (QED) is 0.0551. The first-order chi connectivity index (χ1) is 34.9. The molecule has 0 saturated carbocycles. The molecular weight excluding hydrogens is 1030 g/mol. The molecule has 4 saturated heterocycles. The first kappa shape index (κ1) is 52.4. The number of alkyl halides is 3. The Kier molecular flexibility index (Phi) is 15.7. The Labute approximate surface area is 430 Å². The molecule has 390 valence electrons. The molecule has 14 nitrogen and oxygen atoms in total. The minimum atomic E-state index is -4.62. The van der Waals surface area contributed by atoms with E-state index in [0.717, 1.165) is 115 Å². The number of imide groups is 1. The number of piperidine rings is 3. The highest BCUT2D eigenvalue weighted by Gasteiger charge is 2.35. The number of aryl methyl sites for hydroxylation is 1. The van der Waals surface area contributed by atoms with Crippen LogP contribution in [0.3, 0.4) is 0 Å². The second-order valence-electron chi connectivity index (χ2n) is 19.9. The first-order valence-electron chi connectivity index (χ1n) is 25.0. The zero-order chi connectivity index (χ0) is 51.8. The fourth-order valence-corrected chi connectivity index (χ4v) is 12.9. The number of carbonyl (C=O) groups is 2. The lowest BCUT2D eigenvalue weighted by Gasteiger charge is -2.44. The summed E-state index contributed by atoms with van der Waals surface area (Å²) in [6.45, 7) is 12.5. The Balaban J connectivity index is 0.798. The minimum absolute atomic E-state index is 0.0831. The average molecular weight is 1100 g/mol. The third-order valence-electron chi connectivity index (χ3n) is 14.8. The number of hydrogen-bond acceptors (Lipinski definition) is 13. The van der Waals surface area contributed by atoms with Crippen molar-refractivity contribution in [2.45, 2.75) is 88.9 Å². The number of fused-ring (bicyclic) bond motifs is 1. The van der Waals surface area contributed by atoms with Crippen LogP contribution in [0.5, 0.6) is 5.75 Å². The molecule has 3 N–H and O–H groups in total. The van der Waals surface area contributed by atoms with E-state index in [4.69, 9.17) is 9.72 Å². The van der Waals surface area contributed by atoms with Crippen molar-refractivity contribution in [2.75, 3.05) is 93.2 Å². The number of pyridine rings is 1. The van der Waals surface area contributed by atoms with Crippen LogP contribution in [0.25, 0.3) is 10.9 Å². The van der Waals surface area contributed by atoms with E-state index in [-0.39, 0.29) is 35.9 Å². The van der Waals surface area contributed by atoms with Crippen molar-refractivity contribution in [2.24, 2.45) is 0 Å². The predicted molar refractivity (Wildman–Crippen MR) is 279 cm³/mol. The largest absolute Gasteiger partial charge is 0.494 e. The highest BCUT2D eigenvalue weighted by atomic mass is 79.9. The summed E-state index contributed by atoms with van der Waals surface area (Å²) in [7, 11) is -1.44. The van der Waals surface area contributed by atoms with Crippen LogP contribution >= 0.6 is 23.1 Å². The Bertz CT molecular complexity index is 2890. The third kappa shape index (κ3) is 11.8. The molecule has 21 heteroatoms. The Morgan fingerprint density at radius 3 is 2.23 bits per heavy atom. The number of aromatic nitrogens is 3. The SMILES string of the molecule is CCc1cc(Nc2ncc(Br)c(Nc3ccc4nc(C(F)(F)F)ccc4c3P(C)(C)=O)n2)c(OC)cc1N1CCC(N2CCN(CCC3CCCCN3c3cc(F)c(C4CC(=O)NC(=O)C4)c(F)c3)CC2)CC1. The number of halogens is 6. The van der Waals surface area contributed by atoms with Gasteiger partial charge in [-0.15, -0.1) is 0 Å². The lowest BCUT2D eigenvalue weighted by atomic mass is 9.88. The molecule has 0 bridgehead atoms. The van der Waals surface area contributed by atoms with E-state index in [0.29, 0.717) is 49.8 Å². The molecule has 1 atom stereocenters. The highest BCUT2D eigenvalue weighted by molar-refractivity contribution is 9.10. The van der Waals surface area contributed by atoms with Gasteiger partial charge in [-0.05, 0) is 122 Å². The van der Waals surface area contributed by atoms with Gasteiger partial charge in [0, 0.05) is 123 Å². The summed E-state index contributed by atoms with van der Waals surface area (Å²) in [5, 5.41) is 9.49. The summed E-state index contributed by atoms with van der Waals surface area (Å²) in [5.41, 5.74) is 2.73. The van der Waals surface area contributed by atoms with Gasteiger partial charge >= 0.3 is 6.18 Å². The van der Waals surface area contributed by atoms with Gasteiger partial charge in [0.15, 0.2) is 0 Å². The maximum atomic E-state index is 15.5. The van der Waals surface area contributed by atoms with E-state index >= 15 is 8.78 Å². The topological polar surface area (TPSA) is 148 Å². The summed E-state index contributed by atoms with van der Waals surface area (Å²) in [5.74, 6) is -2.02. The van der Waals surface area contributed by atoms with E-state index in [1.54, 1.807) is 32.7 Å². The molecule has 0 spiro atoms. The number of rotatable bonds is 14. The second kappa shape index (κ2) is 21.8. The van der Waals surface area contributed by atoms with Crippen molar-refractivity contribution >= 4 is 85.6 Å². The zero-order valence-corrected chi connectivity index (χ0v) is 43.9. The van der Waals surface area contributed by atoms with E-state index in [9.17, 15) is 27.3 Å². The van der Waals surface area contributed by atoms with Crippen molar-refractivity contribution in [3.63, 3.8) is 0 Å². The van der Waals surface area contributed by atoms with E-state index in [1.165, 1.54) is 24.3 Å². The Morgan fingerprint density at radius 2 is 1.58 bits per heavy atom. The lowest BCUT2D eigenvalue weighted by Crippen LogP contribution is -2.54. The standard InChI is InChI=1S/C52H61BrF5N10O4P/c1-5-31-24-42(62-51-59-30-37(53)50(64-51)61-41-11-10-40-36(49(41)73(3,4)71)9-12-45(60-40)52(56,57)58)44(72-2)29-43(31)67-18-14-33(15-19-67)66-22-20-65(21-23-66)17-13-34-8-6-7-16-68(34)35-27-38(54)48(39(55)28-35)32-25-46(69)63-47(70)26-32/h9-12,24,27-30,32-34H,5-8,13-23,25-26H2,1-4H3,(H,63,69,70)(H2,59,61,62,64).